The average molecular weight is 292 g/mol. The standard InChI is InChI=1S/C15H27F3N2/c1-11(10-12-6-4-5-9-19-12)20-14-8-3-2-7-13(14)15(16,17)18/h11-14,19-20H,2-10H2,1H3. The molecule has 2 nitrogen and oxygen atoms in total. The maximum atomic E-state index is 13.0. The lowest BCUT2D eigenvalue weighted by molar-refractivity contribution is -0.189. The van der Waals surface area contributed by atoms with Gasteiger partial charge in [-0.15, -0.1) is 0 Å². The first kappa shape index (κ1) is 16.1. The number of hydrogen-bond acceptors (Lipinski definition) is 2. The van der Waals surface area contributed by atoms with Gasteiger partial charge in [0.2, 0.25) is 0 Å². The molecule has 0 amide bonds. The molecule has 2 N–H and O–H groups in total. The molecule has 2 aliphatic rings. The Kier molecular flexibility index (Phi) is 5.73. The molecule has 5 heteroatoms. The van der Waals surface area contributed by atoms with Crippen molar-refractivity contribution in [2.45, 2.75) is 82.6 Å². The normalized spacial score (nSPS) is 33.9. The molecule has 2 fully saturated rings. The van der Waals surface area contributed by atoms with E-state index in [1.165, 1.54) is 12.8 Å². The molecule has 0 spiro atoms. The number of alkyl halides is 3. The molecule has 1 saturated carbocycles. The van der Waals surface area contributed by atoms with Gasteiger partial charge in [-0.25, -0.2) is 0 Å². The van der Waals surface area contributed by atoms with Crippen LogP contribution in [0.3, 0.4) is 0 Å². The van der Waals surface area contributed by atoms with Crippen LogP contribution in [-0.4, -0.2) is 30.8 Å². The number of halogens is 3. The summed E-state index contributed by atoms with van der Waals surface area (Å²) in [7, 11) is 0. The van der Waals surface area contributed by atoms with Crippen LogP contribution in [0.2, 0.25) is 0 Å². The van der Waals surface area contributed by atoms with Crippen LogP contribution in [-0.2, 0) is 0 Å². The van der Waals surface area contributed by atoms with Gasteiger partial charge in [-0.1, -0.05) is 19.3 Å². The number of nitrogens with one attached hydrogen (secondary N) is 2. The number of rotatable bonds is 4. The molecule has 1 aliphatic carbocycles. The molecular formula is C15H27F3N2. The predicted molar refractivity (Wildman–Crippen MR) is 74.7 cm³/mol. The largest absolute Gasteiger partial charge is 0.393 e. The van der Waals surface area contributed by atoms with E-state index in [0.717, 1.165) is 25.8 Å². The maximum absolute atomic E-state index is 13.0. The van der Waals surface area contributed by atoms with E-state index in [1.807, 2.05) is 6.92 Å². The van der Waals surface area contributed by atoms with Crippen molar-refractivity contribution in [1.29, 1.82) is 0 Å². The summed E-state index contributed by atoms with van der Waals surface area (Å²) in [5, 5.41) is 6.73. The molecule has 118 valence electrons. The van der Waals surface area contributed by atoms with E-state index in [2.05, 4.69) is 10.6 Å². The van der Waals surface area contributed by atoms with Gasteiger partial charge >= 0.3 is 6.18 Å². The van der Waals surface area contributed by atoms with E-state index in [1.54, 1.807) is 0 Å². The monoisotopic (exact) mass is 292 g/mol. The van der Waals surface area contributed by atoms with E-state index in [-0.39, 0.29) is 18.5 Å². The van der Waals surface area contributed by atoms with Crippen molar-refractivity contribution in [1.82, 2.24) is 10.6 Å². The average Bonchev–Trinajstić information content (AvgIpc) is 2.39. The Bertz CT molecular complexity index is 287. The minimum absolute atomic E-state index is 0.151. The lowest BCUT2D eigenvalue weighted by Crippen LogP contribution is -2.50. The van der Waals surface area contributed by atoms with Gasteiger partial charge in [0.25, 0.3) is 0 Å². The zero-order chi connectivity index (χ0) is 14.6. The van der Waals surface area contributed by atoms with Crippen molar-refractivity contribution in [3.05, 3.63) is 0 Å². The number of piperidine rings is 1. The quantitative estimate of drug-likeness (QED) is 0.827. The van der Waals surface area contributed by atoms with Gasteiger partial charge in [0.15, 0.2) is 0 Å². The van der Waals surface area contributed by atoms with E-state index in [4.69, 9.17) is 0 Å². The van der Waals surface area contributed by atoms with Crippen molar-refractivity contribution in [3.8, 4) is 0 Å². The second kappa shape index (κ2) is 7.12. The third kappa shape index (κ3) is 4.62. The minimum Gasteiger partial charge on any atom is -0.314 e. The van der Waals surface area contributed by atoms with Gasteiger partial charge in [0.1, 0.15) is 0 Å². The van der Waals surface area contributed by atoms with Crippen LogP contribution >= 0.6 is 0 Å². The summed E-state index contributed by atoms with van der Waals surface area (Å²) in [6.07, 6.45) is 3.05. The molecule has 1 aliphatic heterocycles. The van der Waals surface area contributed by atoms with Gasteiger partial charge in [0, 0.05) is 18.1 Å². The van der Waals surface area contributed by atoms with Crippen LogP contribution in [0, 0.1) is 5.92 Å². The highest BCUT2D eigenvalue weighted by Crippen LogP contribution is 2.38. The summed E-state index contributed by atoms with van der Waals surface area (Å²) in [4.78, 5) is 0. The van der Waals surface area contributed by atoms with E-state index in [0.29, 0.717) is 18.9 Å². The first-order chi connectivity index (χ1) is 9.47. The first-order valence-electron chi connectivity index (χ1n) is 8.03. The van der Waals surface area contributed by atoms with Crippen LogP contribution < -0.4 is 10.6 Å². The Morgan fingerprint density at radius 3 is 2.45 bits per heavy atom. The van der Waals surface area contributed by atoms with E-state index < -0.39 is 12.1 Å². The fourth-order valence-electron chi connectivity index (χ4n) is 3.71. The van der Waals surface area contributed by atoms with E-state index in [9.17, 15) is 13.2 Å². The van der Waals surface area contributed by atoms with Crippen molar-refractivity contribution >= 4 is 0 Å². The molecule has 2 rings (SSSR count). The molecule has 20 heavy (non-hydrogen) atoms. The molecule has 0 aromatic heterocycles. The van der Waals surface area contributed by atoms with Crippen molar-refractivity contribution in [2.24, 2.45) is 5.92 Å². The Morgan fingerprint density at radius 2 is 1.80 bits per heavy atom. The van der Waals surface area contributed by atoms with Crippen molar-refractivity contribution in [2.75, 3.05) is 6.54 Å². The van der Waals surface area contributed by atoms with E-state index >= 15 is 0 Å². The predicted octanol–water partition coefficient (Wildman–Crippen LogP) is 3.62. The molecule has 0 bridgehead atoms. The zero-order valence-corrected chi connectivity index (χ0v) is 12.3. The second-order valence-electron chi connectivity index (χ2n) is 6.49. The molecule has 4 unspecified atom stereocenters. The van der Waals surface area contributed by atoms with Crippen LogP contribution in [0.15, 0.2) is 0 Å². The maximum Gasteiger partial charge on any atom is 0.393 e. The molecule has 4 atom stereocenters. The highest BCUT2D eigenvalue weighted by Gasteiger charge is 2.45. The van der Waals surface area contributed by atoms with Crippen molar-refractivity contribution < 1.29 is 13.2 Å². The summed E-state index contributed by atoms with van der Waals surface area (Å²) in [5.74, 6) is -1.15. The lowest BCUT2D eigenvalue weighted by atomic mass is 9.83. The molecular weight excluding hydrogens is 265 g/mol. The highest BCUT2D eigenvalue weighted by atomic mass is 19.4. The van der Waals surface area contributed by atoms with Crippen LogP contribution in [0.4, 0.5) is 13.2 Å². The summed E-state index contributed by atoms with van der Waals surface area (Å²) in [5.41, 5.74) is 0. The van der Waals surface area contributed by atoms with Crippen molar-refractivity contribution in [3.63, 3.8) is 0 Å². The SMILES string of the molecule is CC(CC1CCCCN1)NC1CCCCC1C(F)(F)F. The summed E-state index contributed by atoms with van der Waals surface area (Å²) < 4.78 is 39.1. The summed E-state index contributed by atoms with van der Waals surface area (Å²) in [6.45, 7) is 3.07. The topological polar surface area (TPSA) is 24.1 Å². The van der Waals surface area contributed by atoms with Crippen LogP contribution in [0.25, 0.3) is 0 Å². The first-order valence-corrected chi connectivity index (χ1v) is 8.03. The molecule has 0 aromatic carbocycles. The Balaban J connectivity index is 1.83. The third-order valence-corrected chi connectivity index (χ3v) is 4.74. The Labute approximate surface area is 119 Å². The van der Waals surface area contributed by atoms with Gasteiger partial charge < -0.3 is 10.6 Å². The Hall–Kier alpha value is -0.290. The lowest BCUT2D eigenvalue weighted by Gasteiger charge is -2.36. The summed E-state index contributed by atoms with van der Waals surface area (Å²) in [6, 6.07) is 0.236. The molecule has 0 aromatic rings. The van der Waals surface area contributed by atoms with Gasteiger partial charge in [0.05, 0.1) is 5.92 Å². The summed E-state index contributed by atoms with van der Waals surface area (Å²) >= 11 is 0. The Morgan fingerprint density at radius 1 is 1.10 bits per heavy atom. The number of hydrogen-bond donors (Lipinski definition) is 2. The molecule has 0 radical (unpaired) electrons. The van der Waals surface area contributed by atoms with Crippen LogP contribution in [0.5, 0.6) is 0 Å². The fourth-order valence-corrected chi connectivity index (χ4v) is 3.71. The third-order valence-electron chi connectivity index (χ3n) is 4.74. The molecule has 1 saturated heterocycles. The smallest absolute Gasteiger partial charge is 0.314 e. The minimum atomic E-state index is -4.05. The van der Waals surface area contributed by atoms with Gasteiger partial charge in [-0.3, -0.25) is 0 Å². The highest BCUT2D eigenvalue weighted by molar-refractivity contribution is 4.88. The van der Waals surface area contributed by atoms with Gasteiger partial charge in [-0.2, -0.15) is 13.2 Å². The zero-order valence-electron chi connectivity index (χ0n) is 12.3. The van der Waals surface area contributed by atoms with Crippen LogP contribution in [0.1, 0.15) is 58.3 Å². The second-order valence-corrected chi connectivity index (χ2v) is 6.49. The molecule has 1 heterocycles. The van der Waals surface area contributed by atoms with Gasteiger partial charge in [-0.05, 0) is 45.6 Å². The fraction of sp³-hybridized carbons (Fsp3) is 1.00.